The molecule has 4 aromatic rings. The third kappa shape index (κ3) is 4.70. The predicted molar refractivity (Wildman–Crippen MR) is 121 cm³/mol. The lowest BCUT2D eigenvalue weighted by molar-refractivity contribution is 0.102. The van der Waals surface area contributed by atoms with E-state index in [1.165, 1.54) is 11.9 Å². The second-order valence-electron chi connectivity index (χ2n) is 6.86. The highest BCUT2D eigenvalue weighted by atomic mass is 16.1. The zero-order chi connectivity index (χ0) is 20.8. The Bertz CT molecular complexity index is 1120. The monoisotopic (exact) mass is 394 g/mol. The molecule has 3 aromatic carbocycles. The maximum atomic E-state index is 12.5. The van der Waals surface area contributed by atoms with Crippen molar-refractivity contribution in [3.63, 3.8) is 0 Å². The fraction of sp³-hybridized carbons (Fsp3) is 0.0800. The molecule has 0 unspecified atom stereocenters. The van der Waals surface area contributed by atoms with Crippen LogP contribution in [0, 0.1) is 0 Å². The van der Waals surface area contributed by atoms with Crippen molar-refractivity contribution >= 4 is 23.1 Å². The molecular formula is C25H22N4O. The highest BCUT2D eigenvalue weighted by Gasteiger charge is 2.07. The Balaban J connectivity index is 1.43. The molecule has 0 saturated carbocycles. The molecule has 0 bridgehead atoms. The Morgan fingerprint density at radius 1 is 0.833 bits per heavy atom. The molecule has 0 radical (unpaired) electrons. The minimum absolute atomic E-state index is 0.140. The smallest absolute Gasteiger partial charge is 0.255 e. The number of nitrogens with one attached hydrogen (secondary N) is 2. The Kier molecular flexibility index (Phi) is 5.80. The molecule has 0 aliphatic rings. The van der Waals surface area contributed by atoms with Gasteiger partial charge in [-0.15, -0.1) is 0 Å². The van der Waals surface area contributed by atoms with Crippen LogP contribution < -0.4 is 10.6 Å². The van der Waals surface area contributed by atoms with Crippen LogP contribution in [0.4, 0.5) is 17.2 Å². The van der Waals surface area contributed by atoms with E-state index in [1.54, 1.807) is 12.1 Å². The fourth-order valence-corrected chi connectivity index (χ4v) is 3.07. The summed E-state index contributed by atoms with van der Waals surface area (Å²) in [7, 11) is 0. The molecule has 0 fully saturated rings. The van der Waals surface area contributed by atoms with Gasteiger partial charge in [0.15, 0.2) is 0 Å². The van der Waals surface area contributed by atoms with Gasteiger partial charge in [-0.1, -0.05) is 49.4 Å². The van der Waals surface area contributed by atoms with Crippen molar-refractivity contribution in [3.05, 3.63) is 102 Å². The fourth-order valence-electron chi connectivity index (χ4n) is 3.07. The number of amides is 1. The molecule has 0 aliphatic carbocycles. The number of anilines is 3. The van der Waals surface area contributed by atoms with E-state index in [4.69, 9.17) is 0 Å². The van der Waals surface area contributed by atoms with Crippen LogP contribution in [0.5, 0.6) is 0 Å². The van der Waals surface area contributed by atoms with Crippen LogP contribution in [0.2, 0.25) is 0 Å². The van der Waals surface area contributed by atoms with Gasteiger partial charge in [0, 0.05) is 28.6 Å². The van der Waals surface area contributed by atoms with Gasteiger partial charge < -0.3 is 10.6 Å². The van der Waals surface area contributed by atoms with Crippen molar-refractivity contribution < 1.29 is 4.79 Å². The van der Waals surface area contributed by atoms with E-state index >= 15 is 0 Å². The zero-order valence-electron chi connectivity index (χ0n) is 16.7. The summed E-state index contributed by atoms with van der Waals surface area (Å²) in [6.07, 6.45) is 2.51. The first-order valence-corrected chi connectivity index (χ1v) is 9.86. The molecule has 148 valence electrons. The van der Waals surface area contributed by atoms with Crippen molar-refractivity contribution in [2.24, 2.45) is 0 Å². The van der Waals surface area contributed by atoms with E-state index < -0.39 is 0 Å². The lowest BCUT2D eigenvalue weighted by Gasteiger charge is -2.09. The van der Waals surface area contributed by atoms with Crippen molar-refractivity contribution in [2.75, 3.05) is 10.6 Å². The second-order valence-corrected chi connectivity index (χ2v) is 6.86. The number of rotatable bonds is 6. The Labute approximate surface area is 175 Å². The molecule has 30 heavy (non-hydrogen) atoms. The SMILES string of the molecule is CCc1ccc(NC(=O)c2ccc(Nc3cc(-c4ccccc4)ncn3)cc2)cc1. The topological polar surface area (TPSA) is 66.9 Å². The number of benzene rings is 3. The van der Waals surface area contributed by atoms with Crippen molar-refractivity contribution in [1.82, 2.24) is 9.97 Å². The summed E-state index contributed by atoms with van der Waals surface area (Å²) in [4.78, 5) is 21.1. The molecule has 0 aliphatic heterocycles. The maximum Gasteiger partial charge on any atom is 0.255 e. The van der Waals surface area contributed by atoms with Gasteiger partial charge in [-0.3, -0.25) is 4.79 Å². The lowest BCUT2D eigenvalue weighted by atomic mass is 10.1. The molecule has 0 spiro atoms. The number of carbonyl (C=O) groups is 1. The number of hydrogen-bond donors (Lipinski definition) is 2. The third-order valence-corrected chi connectivity index (χ3v) is 4.78. The standard InChI is InChI=1S/C25H22N4O/c1-2-18-8-12-22(13-9-18)29-25(30)20-10-14-21(15-11-20)28-24-16-23(26-17-27-24)19-6-4-3-5-7-19/h3-17H,2H2,1H3,(H,29,30)(H,26,27,28). The van der Waals surface area contributed by atoms with Crippen LogP contribution in [-0.2, 0) is 6.42 Å². The minimum atomic E-state index is -0.140. The van der Waals surface area contributed by atoms with Gasteiger partial charge in [0.05, 0.1) is 5.69 Å². The van der Waals surface area contributed by atoms with Gasteiger partial charge in [-0.05, 0) is 48.4 Å². The molecule has 4 rings (SSSR count). The van der Waals surface area contributed by atoms with Gasteiger partial charge in [0.25, 0.3) is 5.91 Å². The number of carbonyl (C=O) groups excluding carboxylic acids is 1. The van der Waals surface area contributed by atoms with E-state index in [0.29, 0.717) is 11.4 Å². The second kappa shape index (κ2) is 9.01. The molecule has 1 amide bonds. The van der Waals surface area contributed by atoms with Crippen molar-refractivity contribution in [1.29, 1.82) is 0 Å². The lowest BCUT2D eigenvalue weighted by Crippen LogP contribution is -2.11. The molecule has 2 N–H and O–H groups in total. The zero-order valence-corrected chi connectivity index (χ0v) is 16.7. The molecule has 1 heterocycles. The molecule has 1 aromatic heterocycles. The van der Waals surface area contributed by atoms with Crippen molar-refractivity contribution in [2.45, 2.75) is 13.3 Å². The van der Waals surface area contributed by atoms with E-state index in [0.717, 1.165) is 29.1 Å². The first-order valence-electron chi connectivity index (χ1n) is 9.86. The highest BCUT2D eigenvalue weighted by Crippen LogP contribution is 2.21. The van der Waals surface area contributed by atoms with Gasteiger partial charge in [-0.25, -0.2) is 9.97 Å². The summed E-state index contributed by atoms with van der Waals surface area (Å²) in [5.41, 5.74) is 5.34. The average molecular weight is 394 g/mol. The first kappa shape index (κ1) is 19.3. The maximum absolute atomic E-state index is 12.5. The Morgan fingerprint density at radius 2 is 1.53 bits per heavy atom. The highest BCUT2D eigenvalue weighted by molar-refractivity contribution is 6.04. The summed E-state index contributed by atoms with van der Waals surface area (Å²) >= 11 is 0. The third-order valence-electron chi connectivity index (χ3n) is 4.78. The van der Waals surface area contributed by atoms with Crippen LogP contribution >= 0.6 is 0 Å². The summed E-state index contributed by atoms with van der Waals surface area (Å²) in [6.45, 7) is 2.10. The first-order chi connectivity index (χ1) is 14.7. The number of aromatic nitrogens is 2. The van der Waals surface area contributed by atoms with Gasteiger partial charge in [-0.2, -0.15) is 0 Å². The van der Waals surface area contributed by atoms with Crippen LogP contribution in [0.3, 0.4) is 0 Å². The summed E-state index contributed by atoms with van der Waals surface area (Å²) in [6, 6.07) is 27.0. The normalized spacial score (nSPS) is 10.4. The predicted octanol–water partition coefficient (Wildman–Crippen LogP) is 5.70. The molecule has 5 nitrogen and oxygen atoms in total. The Morgan fingerprint density at radius 3 is 2.23 bits per heavy atom. The number of aryl methyl sites for hydroxylation is 1. The van der Waals surface area contributed by atoms with Crippen LogP contribution in [0.1, 0.15) is 22.8 Å². The molecule has 0 atom stereocenters. The summed E-state index contributed by atoms with van der Waals surface area (Å²) in [5, 5.41) is 6.18. The van der Waals surface area contributed by atoms with Crippen LogP contribution in [-0.4, -0.2) is 15.9 Å². The van der Waals surface area contributed by atoms with Crippen molar-refractivity contribution in [3.8, 4) is 11.3 Å². The number of hydrogen-bond acceptors (Lipinski definition) is 4. The summed E-state index contributed by atoms with van der Waals surface area (Å²) < 4.78 is 0. The van der Waals surface area contributed by atoms with Crippen LogP contribution in [0.25, 0.3) is 11.3 Å². The average Bonchev–Trinajstić information content (AvgIpc) is 2.81. The van der Waals surface area contributed by atoms with Gasteiger partial charge >= 0.3 is 0 Å². The van der Waals surface area contributed by atoms with E-state index in [2.05, 4.69) is 27.5 Å². The van der Waals surface area contributed by atoms with E-state index in [-0.39, 0.29) is 5.91 Å². The summed E-state index contributed by atoms with van der Waals surface area (Å²) in [5.74, 6) is 0.552. The van der Waals surface area contributed by atoms with Gasteiger partial charge in [0.2, 0.25) is 0 Å². The largest absolute Gasteiger partial charge is 0.340 e. The molecular weight excluding hydrogens is 372 g/mol. The van der Waals surface area contributed by atoms with E-state index in [1.807, 2.05) is 72.8 Å². The molecule has 0 saturated heterocycles. The van der Waals surface area contributed by atoms with Crippen LogP contribution in [0.15, 0.2) is 91.3 Å². The number of nitrogens with zero attached hydrogens (tertiary/aromatic N) is 2. The molecule has 5 heteroatoms. The Hall–Kier alpha value is -3.99. The van der Waals surface area contributed by atoms with E-state index in [9.17, 15) is 4.79 Å². The van der Waals surface area contributed by atoms with Gasteiger partial charge in [0.1, 0.15) is 12.1 Å². The minimum Gasteiger partial charge on any atom is -0.340 e. The quantitative estimate of drug-likeness (QED) is 0.440.